The minimum atomic E-state index is 0.263. The number of nitrogens with one attached hydrogen (secondary N) is 1. The van der Waals surface area contributed by atoms with Crippen LogP contribution in [0.3, 0.4) is 0 Å². The van der Waals surface area contributed by atoms with Gasteiger partial charge in [0.25, 0.3) is 0 Å². The predicted molar refractivity (Wildman–Crippen MR) is 78.0 cm³/mol. The molecule has 3 nitrogen and oxygen atoms in total. The molecule has 1 aliphatic heterocycles. The Bertz CT molecular complexity index is 423. The number of rotatable bonds is 7. The normalized spacial score (nSPS) is 14.7. The molecule has 0 bridgehead atoms. The molecule has 19 heavy (non-hydrogen) atoms. The molecule has 0 aromatic heterocycles. The lowest BCUT2D eigenvalue weighted by atomic mass is 10.1. The Morgan fingerprint density at radius 1 is 1.32 bits per heavy atom. The summed E-state index contributed by atoms with van der Waals surface area (Å²) in [5, 5.41) is 4.15. The van der Waals surface area contributed by atoms with Gasteiger partial charge in [0, 0.05) is 12.6 Å². The van der Waals surface area contributed by atoms with E-state index in [4.69, 9.17) is 21.1 Å². The number of unbranched alkanes of at least 4 members (excludes halogenated alkanes) is 2. The van der Waals surface area contributed by atoms with Crippen molar-refractivity contribution in [3.05, 3.63) is 22.7 Å². The predicted octanol–water partition coefficient (Wildman–Crippen LogP) is 4.13. The standard InChI is InChI=1S/C15H22ClNO2/c1-3-4-5-6-11(2)17-9-12-7-13(16)15-14(8-12)18-10-19-15/h7-8,11,17H,3-6,9-10H2,1-2H3. The summed E-state index contributed by atoms with van der Waals surface area (Å²) < 4.78 is 10.7. The highest BCUT2D eigenvalue weighted by Gasteiger charge is 2.18. The lowest BCUT2D eigenvalue weighted by Crippen LogP contribution is -2.25. The van der Waals surface area contributed by atoms with Crippen LogP contribution in [0.15, 0.2) is 12.1 Å². The van der Waals surface area contributed by atoms with Crippen molar-refractivity contribution in [2.24, 2.45) is 0 Å². The van der Waals surface area contributed by atoms with E-state index in [-0.39, 0.29) is 6.79 Å². The van der Waals surface area contributed by atoms with Crippen LogP contribution in [0.5, 0.6) is 11.5 Å². The van der Waals surface area contributed by atoms with Crippen molar-refractivity contribution in [3.63, 3.8) is 0 Å². The fourth-order valence-electron chi connectivity index (χ4n) is 2.22. The van der Waals surface area contributed by atoms with E-state index in [0.717, 1.165) is 17.9 Å². The highest BCUT2D eigenvalue weighted by Crippen LogP contribution is 2.39. The van der Waals surface area contributed by atoms with E-state index in [1.807, 2.05) is 12.1 Å². The smallest absolute Gasteiger partial charge is 0.231 e. The van der Waals surface area contributed by atoms with Gasteiger partial charge < -0.3 is 14.8 Å². The molecule has 2 rings (SSSR count). The molecule has 0 radical (unpaired) electrons. The molecule has 4 heteroatoms. The van der Waals surface area contributed by atoms with Gasteiger partial charge in [0.05, 0.1) is 5.02 Å². The molecule has 1 heterocycles. The number of fused-ring (bicyclic) bond motifs is 1. The zero-order chi connectivity index (χ0) is 13.7. The van der Waals surface area contributed by atoms with Crippen LogP contribution in [0.1, 0.15) is 45.1 Å². The minimum absolute atomic E-state index is 0.263. The first-order chi connectivity index (χ1) is 9.20. The second-order valence-electron chi connectivity index (χ2n) is 5.09. The summed E-state index contributed by atoms with van der Waals surface area (Å²) >= 11 is 6.16. The van der Waals surface area contributed by atoms with Crippen LogP contribution >= 0.6 is 11.6 Å². The SMILES string of the molecule is CCCCCC(C)NCc1cc(Cl)c2c(c1)OCO2. The molecule has 1 N–H and O–H groups in total. The molecule has 0 spiro atoms. The van der Waals surface area contributed by atoms with Crippen LogP contribution in [0.25, 0.3) is 0 Å². The van der Waals surface area contributed by atoms with Crippen molar-refractivity contribution in [3.8, 4) is 11.5 Å². The zero-order valence-corrected chi connectivity index (χ0v) is 12.4. The number of benzene rings is 1. The fraction of sp³-hybridized carbons (Fsp3) is 0.600. The quantitative estimate of drug-likeness (QED) is 0.763. The molecule has 1 aromatic carbocycles. The average molecular weight is 284 g/mol. The Hall–Kier alpha value is -0.930. The van der Waals surface area contributed by atoms with Crippen LogP contribution in [0.2, 0.25) is 5.02 Å². The fourth-order valence-corrected chi connectivity index (χ4v) is 2.51. The molecule has 1 atom stereocenters. The summed E-state index contributed by atoms with van der Waals surface area (Å²) in [5.41, 5.74) is 1.14. The number of hydrogen-bond donors (Lipinski definition) is 1. The van der Waals surface area contributed by atoms with Crippen molar-refractivity contribution in [1.82, 2.24) is 5.32 Å². The van der Waals surface area contributed by atoms with Crippen LogP contribution < -0.4 is 14.8 Å². The number of ether oxygens (including phenoxy) is 2. The van der Waals surface area contributed by atoms with Gasteiger partial charge in [0.2, 0.25) is 6.79 Å². The molecule has 1 unspecified atom stereocenters. The summed E-state index contributed by atoms with van der Waals surface area (Å²) in [6.45, 7) is 5.53. The topological polar surface area (TPSA) is 30.5 Å². The van der Waals surface area contributed by atoms with Crippen molar-refractivity contribution < 1.29 is 9.47 Å². The summed E-state index contributed by atoms with van der Waals surface area (Å²) in [5.74, 6) is 1.42. The molecule has 0 fully saturated rings. The maximum atomic E-state index is 6.16. The van der Waals surface area contributed by atoms with Crippen molar-refractivity contribution in [2.75, 3.05) is 6.79 Å². The lowest BCUT2D eigenvalue weighted by molar-refractivity contribution is 0.174. The van der Waals surface area contributed by atoms with Crippen molar-refractivity contribution in [2.45, 2.75) is 52.1 Å². The molecular formula is C15H22ClNO2. The van der Waals surface area contributed by atoms with E-state index in [2.05, 4.69) is 19.2 Å². The van der Waals surface area contributed by atoms with E-state index >= 15 is 0 Å². The Balaban J connectivity index is 1.84. The summed E-state index contributed by atoms with van der Waals surface area (Å²) in [6.07, 6.45) is 5.07. The number of halogens is 1. The third kappa shape index (κ3) is 4.02. The third-order valence-electron chi connectivity index (χ3n) is 3.38. The largest absolute Gasteiger partial charge is 0.454 e. The van der Waals surface area contributed by atoms with Gasteiger partial charge in [0.1, 0.15) is 0 Å². The Labute approximate surface area is 120 Å². The van der Waals surface area contributed by atoms with Gasteiger partial charge in [-0.05, 0) is 31.0 Å². The van der Waals surface area contributed by atoms with Crippen LogP contribution in [-0.2, 0) is 6.54 Å². The first kappa shape index (κ1) is 14.5. The highest BCUT2D eigenvalue weighted by molar-refractivity contribution is 6.32. The summed E-state index contributed by atoms with van der Waals surface area (Å²) in [4.78, 5) is 0. The van der Waals surface area contributed by atoms with Crippen molar-refractivity contribution >= 4 is 11.6 Å². The Morgan fingerprint density at radius 3 is 2.95 bits per heavy atom. The monoisotopic (exact) mass is 283 g/mol. The second kappa shape index (κ2) is 7.01. The Morgan fingerprint density at radius 2 is 2.16 bits per heavy atom. The van der Waals surface area contributed by atoms with Gasteiger partial charge in [-0.3, -0.25) is 0 Å². The molecular weight excluding hydrogens is 262 g/mol. The minimum Gasteiger partial charge on any atom is -0.454 e. The average Bonchev–Trinajstić information content (AvgIpc) is 2.85. The van der Waals surface area contributed by atoms with Gasteiger partial charge in [-0.25, -0.2) is 0 Å². The molecule has 1 aliphatic rings. The first-order valence-electron chi connectivity index (χ1n) is 7.02. The van der Waals surface area contributed by atoms with Gasteiger partial charge in [-0.2, -0.15) is 0 Å². The molecule has 0 amide bonds. The zero-order valence-electron chi connectivity index (χ0n) is 11.7. The van der Waals surface area contributed by atoms with Gasteiger partial charge in [-0.1, -0.05) is 37.8 Å². The molecule has 0 saturated carbocycles. The molecule has 1 aromatic rings. The van der Waals surface area contributed by atoms with E-state index < -0.39 is 0 Å². The first-order valence-corrected chi connectivity index (χ1v) is 7.40. The molecule has 0 aliphatic carbocycles. The second-order valence-corrected chi connectivity index (χ2v) is 5.50. The van der Waals surface area contributed by atoms with Gasteiger partial charge in [-0.15, -0.1) is 0 Å². The maximum Gasteiger partial charge on any atom is 0.231 e. The van der Waals surface area contributed by atoms with E-state index in [9.17, 15) is 0 Å². The Kier molecular flexibility index (Phi) is 5.34. The van der Waals surface area contributed by atoms with Gasteiger partial charge >= 0.3 is 0 Å². The lowest BCUT2D eigenvalue weighted by Gasteiger charge is -2.14. The van der Waals surface area contributed by atoms with Gasteiger partial charge in [0.15, 0.2) is 11.5 Å². The van der Waals surface area contributed by atoms with E-state index in [1.165, 1.54) is 25.7 Å². The maximum absolute atomic E-state index is 6.16. The molecule has 106 valence electrons. The number of hydrogen-bond acceptors (Lipinski definition) is 3. The third-order valence-corrected chi connectivity index (χ3v) is 3.66. The van der Waals surface area contributed by atoms with E-state index in [1.54, 1.807) is 0 Å². The van der Waals surface area contributed by atoms with Crippen LogP contribution in [-0.4, -0.2) is 12.8 Å². The summed E-state index contributed by atoms with van der Waals surface area (Å²) in [6, 6.07) is 4.47. The van der Waals surface area contributed by atoms with Crippen LogP contribution in [0, 0.1) is 0 Å². The summed E-state index contributed by atoms with van der Waals surface area (Å²) in [7, 11) is 0. The molecule has 0 saturated heterocycles. The highest BCUT2D eigenvalue weighted by atomic mass is 35.5. The van der Waals surface area contributed by atoms with Crippen LogP contribution in [0.4, 0.5) is 0 Å². The van der Waals surface area contributed by atoms with E-state index in [0.29, 0.717) is 16.8 Å². The van der Waals surface area contributed by atoms with Crippen molar-refractivity contribution in [1.29, 1.82) is 0 Å².